The van der Waals surface area contributed by atoms with Crippen LogP contribution in [0.2, 0.25) is 0 Å². The van der Waals surface area contributed by atoms with Gasteiger partial charge in [-0.05, 0) is 43.7 Å². The first-order chi connectivity index (χ1) is 14.2. The number of hydrogen-bond donors (Lipinski definition) is 1. The molecular weight excluding hydrogens is 415 g/mol. The van der Waals surface area contributed by atoms with Crippen LogP contribution in [0.1, 0.15) is 31.0 Å². The smallest absolute Gasteiger partial charge is 0.274 e. The van der Waals surface area contributed by atoms with E-state index in [1.54, 1.807) is 12.1 Å². The van der Waals surface area contributed by atoms with E-state index in [1.165, 1.54) is 28.9 Å². The summed E-state index contributed by atoms with van der Waals surface area (Å²) in [6, 6.07) is 14.1. The number of nitrogens with one attached hydrogen (secondary N) is 1. The molecule has 1 N–H and O–H groups in total. The fraction of sp³-hybridized carbons (Fsp3) is 0.238. The molecule has 30 heavy (non-hydrogen) atoms. The van der Waals surface area contributed by atoms with Gasteiger partial charge in [0.05, 0.1) is 16.3 Å². The van der Waals surface area contributed by atoms with Crippen LogP contribution in [0.4, 0.5) is 13.2 Å². The molecule has 2 aromatic carbocycles. The van der Waals surface area contributed by atoms with Crippen molar-refractivity contribution in [1.82, 2.24) is 14.5 Å². The molecule has 0 spiro atoms. The molecule has 1 unspecified atom stereocenters. The van der Waals surface area contributed by atoms with E-state index in [2.05, 4.69) is 9.82 Å². The van der Waals surface area contributed by atoms with Crippen LogP contribution in [-0.2, 0) is 22.0 Å². The molecule has 0 saturated heterocycles. The number of aryl methyl sites for hydroxylation is 1. The Balaban J connectivity index is 1.96. The highest BCUT2D eigenvalue weighted by atomic mass is 32.2. The maximum atomic E-state index is 13.3. The Morgan fingerprint density at radius 3 is 2.30 bits per heavy atom. The number of alkyl halides is 3. The van der Waals surface area contributed by atoms with Gasteiger partial charge in [0.2, 0.25) is 5.91 Å². The second-order valence-corrected chi connectivity index (χ2v) is 7.94. The van der Waals surface area contributed by atoms with Crippen molar-refractivity contribution in [2.45, 2.75) is 37.8 Å². The lowest BCUT2D eigenvalue weighted by atomic mass is 10.1. The van der Waals surface area contributed by atoms with Crippen LogP contribution < -0.4 is 4.72 Å². The zero-order chi connectivity index (χ0) is 21.9. The summed E-state index contributed by atoms with van der Waals surface area (Å²) in [7, 11) is -1.74. The van der Waals surface area contributed by atoms with Crippen molar-refractivity contribution in [2.24, 2.45) is 0 Å². The van der Waals surface area contributed by atoms with Crippen molar-refractivity contribution >= 4 is 16.9 Å². The van der Waals surface area contributed by atoms with Crippen molar-refractivity contribution < 1.29 is 22.2 Å². The van der Waals surface area contributed by atoms with Gasteiger partial charge in [0.25, 0.3) is 0 Å². The van der Waals surface area contributed by atoms with E-state index >= 15 is 0 Å². The molecule has 1 atom stereocenters. The lowest BCUT2D eigenvalue weighted by Crippen LogP contribution is -2.25. The Kier molecular flexibility index (Phi) is 6.40. The first-order valence-corrected chi connectivity index (χ1v) is 10.4. The molecule has 0 aliphatic heterocycles. The summed E-state index contributed by atoms with van der Waals surface area (Å²) < 4.78 is 55.7. The number of aromatic nitrogens is 2. The fourth-order valence-corrected chi connectivity index (χ4v) is 3.61. The molecule has 3 aromatic rings. The second-order valence-electron chi connectivity index (χ2n) is 6.73. The predicted molar refractivity (Wildman–Crippen MR) is 108 cm³/mol. The maximum absolute atomic E-state index is 13.3. The standard InChI is InChI=1S/C21H20F3N3O2S/c1-3-4-20(28)26-30(29)17-11-9-16(10-12-17)27-18(13-19(25-27)21(22,23)24)15-7-5-14(2)6-8-15/h5-13H,3-4H2,1-2H3,(H,26,28). The summed E-state index contributed by atoms with van der Waals surface area (Å²) in [5.74, 6) is -0.330. The van der Waals surface area contributed by atoms with E-state index in [9.17, 15) is 22.2 Å². The van der Waals surface area contributed by atoms with Crippen LogP contribution in [0.15, 0.2) is 59.5 Å². The third-order valence-corrected chi connectivity index (χ3v) is 5.44. The Hall–Kier alpha value is -2.94. The number of carbonyl (C=O) groups excluding carboxylic acids is 1. The van der Waals surface area contributed by atoms with Crippen LogP contribution in [0.3, 0.4) is 0 Å². The van der Waals surface area contributed by atoms with E-state index < -0.39 is 22.9 Å². The van der Waals surface area contributed by atoms with Crippen molar-refractivity contribution in [3.63, 3.8) is 0 Å². The molecule has 0 aliphatic rings. The van der Waals surface area contributed by atoms with Crippen LogP contribution in [0, 0.1) is 6.92 Å². The normalized spacial score (nSPS) is 12.6. The zero-order valence-electron chi connectivity index (χ0n) is 16.4. The molecule has 9 heteroatoms. The minimum Gasteiger partial charge on any atom is -0.274 e. The van der Waals surface area contributed by atoms with Crippen molar-refractivity contribution in [3.05, 3.63) is 65.9 Å². The van der Waals surface area contributed by atoms with E-state index in [4.69, 9.17) is 0 Å². The largest absolute Gasteiger partial charge is 0.435 e. The molecule has 3 rings (SSSR count). The minimum atomic E-state index is -4.59. The maximum Gasteiger partial charge on any atom is 0.435 e. The molecule has 1 aromatic heterocycles. The lowest BCUT2D eigenvalue weighted by molar-refractivity contribution is -0.141. The van der Waals surface area contributed by atoms with E-state index in [0.717, 1.165) is 11.6 Å². The summed E-state index contributed by atoms with van der Waals surface area (Å²) in [5.41, 5.74) is 1.23. The van der Waals surface area contributed by atoms with Gasteiger partial charge in [0.1, 0.15) is 0 Å². The quantitative estimate of drug-likeness (QED) is 0.605. The summed E-state index contributed by atoms with van der Waals surface area (Å²) >= 11 is 0. The van der Waals surface area contributed by atoms with Gasteiger partial charge in [-0.2, -0.15) is 18.3 Å². The van der Waals surface area contributed by atoms with Gasteiger partial charge in [-0.1, -0.05) is 36.8 Å². The molecule has 1 amide bonds. The number of rotatable bonds is 6. The molecule has 5 nitrogen and oxygen atoms in total. The van der Waals surface area contributed by atoms with Crippen molar-refractivity contribution in [1.29, 1.82) is 0 Å². The second kappa shape index (κ2) is 8.83. The van der Waals surface area contributed by atoms with Gasteiger partial charge in [-0.25, -0.2) is 8.89 Å². The highest BCUT2D eigenvalue weighted by molar-refractivity contribution is 7.83. The number of carbonyl (C=O) groups is 1. The van der Waals surface area contributed by atoms with Gasteiger partial charge in [-0.15, -0.1) is 0 Å². The summed E-state index contributed by atoms with van der Waals surface area (Å²) in [6.45, 7) is 3.72. The Labute approximate surface area is 174 Å². The topological polar surface area (TPSA) is 64.0 Å². The predicted octanol–water partition coefficient (Wildman–Crippen LogP) is 4.81. The Bertz CT molecular complexity index is 1060. The molecule has 0 aliphatic carbocycles. The highest BCUT2D eigenvalue weighted by Crippen LogP contribution is 2.33. The van der Waals surface area contributed by atoms with Gasteiger partial charge in [-0.3, -0.25) is 9.52 Å². The van der Waals surface area contributed by atoms with Crippen molar-refractivity contribution in [2.75, 3.05) is 0 Å². The first-order valence-electron chi connectivity index (χ1n) is 9.25. The number of benzene rings is 2. The average Bonchev–Trinajstić information content (AvgIpc) is 3.15. The third-order valence-electron chi connectivity index (χ3n) is 4.33. The third kappa shape index (κ3) is 4.96. The molecule has 0 saturated carbocycles. The van der Waals surface area contributed by atoms with Crippen LogP contribution in [0.5, 0.6) is 0 Å². The summed E-state index contributed by atoms with van der Waals surface area (Å²) in [6.07, 6.45) is -3.70. The molecule has 0 fully saturated rings. The Morgan fingerprint density at radius 2 is 1.73 bits per heavy atom. The molecule has 0 radical (unpaired) electrons. The van der Waals surface area contributed by atoms with Gasteiger partial charge in [0, 0.05) is 12.0 Å². The monoisotopic (exact) mass is 435 g/mol. The van der Waals surface area contributed by atoms with Crippen molar-refractivity contribution in [3.8, 4) is 16.9 Å². The highest BCUT2D eigenvalue weighted by Gasteiger charge is 2.35. The minimum absolute atomic E-state index is 0.261. The first kappa shape index (κ1) is 21.8. The average molecular weight is 435 g/mol. The summed E-state index contributed by atoms with van der Waals surface area (Å²) in [5, 5.41) is 3.74. The SMILES string of the molecule is CCCC(=O)NS(=O)c1ccc(-n2nc(C(F)(F)F)cc2-c2ccc(C)cc2)cc1. The van der Waals surface area contributed by atoms with Crippen LogP contribution >= 0.6 is 0 Å². The lowest BCUT2D eigenvalue weighted by Gasteiger charge is -2.09. The zero-order valence-corrected chi connectivity index (χ0v) is 17.2. The van der Waals surface area contributed by atoms with Crippen LogP contribution in [-0.4, -0.2) is 19.9 Å². The molecule has 1 heterocycles. The summed E-state index contributed by atoms with van der Waals surface area (Å²) in [4.78, 5) is 11.9. The van der Waals surface area contributed by atoms with Gasteiger partial charge < -0.3 is 0 Å². The van der Waals surface area contributed by atoms with E-state index in [-0.39, 0.29) is 18.0 Å². The van der Waals surface area contributed by atoms with Gasteiger partial charge in [0.15, 0.2) is 16.7 Å². The number of amides is 1. The Morgan fingerprint density at radius 1 is 1.10 bits per heavy atom. The van der Waals surface area contributed by atoms with E-state index in [0.29, 0.717) is 22.6 Å². The molecular formula is C21H20F3N3O2S. The number of halogens is 3. The number of nitrogens with zero attached hydrogens (tertiary/aromatic N) is 2. The molecule has 0 bridgehead atoms. The van der Waals surface area contributed by atoms with Crippen LogP contribution in [0.25, 0.3) is 16.9 Å². The number of hydrogen-bond acceptors (Lipinski definition) is 3. The van der Waals surface area contributed by atoms with Gasteiger partial charge >= 0.3 is 6.18 Å². The van der Waals surface area contributed by atoms with E-state index in [1.807, 2.05) is 26.0 Å². The fourth-order valence-electron chi connectivity index (χ4n) is 2.80. The molecule has 158 valence electrons.